The number of hydrogen-bond acceptors (Lipinski definition) is 4. The predicted molar refractivity (Wildman–Crippen MR) is 93.1 cm³/mol. The van der Waals surface area contributed by atoms with Crippen molar-refractivity contribution < 1.29 is 4.79 Å². The highest BCUT2D eigenvalue weighted by Crippen LogP contribution is 2.23. The molecule has 1 amide bonds. The van der Waals surface area contributed by atoms with Crippen LogP contribution in [-0.2, 0) is 30.7 Å². The lowest BCUT2D eigenvalue weighted by molar-refractivity contribution is -0.131. The molecule has 0 radical (unpaired) electrons. The fourth-order valence-electron chi connectivity index (χ4n) is 3.32. The molecule has 0 unspecified atom stereocenters. The van der Waals surface area contributed by atoms with Gasteiger partial charge in [0.05, 0.1) is 23.8 Å². The molecule has 7 heteroatoms. The van der Waals surface area contributed by atoms with Crippen molar-refractivity contribution in [1.29, 1.82) is 0 Å². The number of amides is 1. The van der Waals surface area contributed by atoms with Crippen LogP contribution in [0.5, 0.6) is 0 Å². The summed E-state index contributed by atoms with van der Waals surface area (Å²) >= 11 is 0. The average Bonchev–Trinajstić information content (AvgIpc) is 3.22. The zero-order valence-electron chi connectivity index (χ0n) is 14.0. The largest absolute Gasteiger partial charge is 0.338 e. The topological polar surface area (TPSA) is 83.9 Å². The Morgan fingerprint density at radius 3 is 3.04 bits per heavy atom. The van der Waals surface area contributed by atoms with Crippen LogP contribution in [0.25, 0.3) is 10.8 Å². The number of benzene rings is 1. The van der Waals surface area contributed by atoms with E-state index in [2.05, 4.69) is 15.3 Å². The molecule has 25 heavy (non-hydrogen) atoms. The zero-order valence-corrected chi connectivity index (χ0v) is 14.0. The third kappa shape index (κ3) is 2.82. The van der Waals surface area contributed by atoms with Crippen LogP contribution in [-0.4, -0.2) is 37.8 Å². The van der Waals surface area contributed by atoms with Crippen LogP contribution in [0.2, 0.25) is 0 Å². The highest BCUT2D eigenvalue weighted by Gasteiger charge is 2.21. The van der Waals surface area contributed by atoms with E-state index in [9.17, 15) is 9.59 Å². The second-order valence-electron chi connectivity index (χ2n) is 6.43. The number of aryl methyl sites for hydroxylation is 1. The maximum atomic E-state index is 12.5. The molecule has 1 aliphatic carbocycles. The van der Waals surface area contributed by atoms with Gasteiger partial charge in [0.25, 0.3) is 5.56 Å². The smallest absolute Gasteiger partial charge is 0.275 e. The van der Waals surface area contributed by atoms with E-state index in [1.165, 1.54) is 15.9 Å². The summed E-state index contributed by atoms with van der Waals surface area (Å²) in [6.45, 7) is 0.361. The highest BCUT2D eigenvalue weighted by molar-refractivity contribution is 5.81. The minimum Gasteiger partial charge on any atom is -0.338 e. The molecule has 1 N–H and O–H groups in total. The monoisotopic (exact) mass is 337 g/mol. The SMILES string of the molecule is CN(Cc1n[nH]c2c1CCC2)C(=O)Cn1ncc2ccccc2c1=O. The number of rotatable bonds is 4. The molecule has 2 aromatic heterocycles. The van der Waals surface area contributed by atoms with E-state index < -0.39 is 0 Å². The molecule has 0 spiro atoms. The number of fused-ring (bicyclic) bond motifs is 2. The Bertz CT molecular complexity index is 1000. The highest BCUT2D eigenvalue weighted by atomic mass is 16.2. The minimum atomic E-state index is -0.250. The van der Waals surface area contributed by atoms with Gasteiger partial charge < -0.3 is 4.90 Å². The van der Waals surface area contributed by atoms with Gasteiger partial charge in [-0.15, -0.1) is 0 Å². The molecule has 1 aliphatic rings. The van der Waals surface area contributed by atoms with E-state index in [1.54, 1.807) is 30.3 Å². The Hall–Kier alpha value is -2.96. The van der Waals surface area contributed by atoms with E-state index in [1.807, 2.05) is 12.1 Å². The van der Waals surface area contributed by atoms with Crippen molar-refractivity contribution in [2.45, 2.75) is 32.4 Å². The van der Waals surface area contributed by atoms with Gasteiger partial charge >= 0.3 is 0 Å². The summed E-state index contributed by atoms with van der Waals surface area (Å²) in [5, 5.41) is 12.8. The molecule has 0 saturated heterocycles. The summed E-state index contributed by atoms with van der Waals surface area (Å²) in [4.78, 5) is 26.6. The number of carbonyl (C=O) groups is 1. The fraction of sp³-hybridized carbons (Fsp3) is 0.333. The lowest BCUT2D eigenvalue weighted by Gasteiger charge is -2.17. The van der Waals surface area contributed by atoms with Gasteiger partial charge in [0.1, 0.15) is 6.54 Å². The molecule has 4 rings (SSSR count). The lowest BCUT2D eigenvalue weighted by atomic mass is 10.2. The quantitative estimate of drug-likeness (QED) is 0.777. The summed E-state index contributed by atoms with van der Waals surface area (Å²) in [7, 11) is 1.73. The first-order valence-corrected chi connectivity index (χ1v) is 8.37. The van der Waals surface area contributed by atoms with Crippen LogP contribution in [0.1, 0.15) is 23.4 Å². The van der Waals surface area contributed by atoms with Crippen LogP contribution >= 0.6 is 0 Å². The number of nitrogens with zero attached hydrogens (tertiary/aromatic N) is 4. The number of aromatic nitrogens is 4. The molecule has 0 saturated carbocycles. The number of nitrogens with one attached hydrogen (secondary N) is 1. The predicted octanol–water partition coefficient (Wildman–Crippen LogP) is 1.27. The zero-order chi connectivity index (χ0) is 17.4. The summed E-state index contributed by atoms with van der Waals surface area (Å²) in [6.07, 6.45) is 4.78. The molecule has 7 nitrogen and oxygen atoms in total. The van der Waals surface area contributed by atoms with Crippen LogP contribution < -0.4 is 5.56 Å². The van der Waals surface area contributed by atoms with Gasteiger partial charge in [-0.3, -0.25) is 14.7 Å². The summed E-state index contributed by atoms with van der Waals surface area (Å²) in [6, 6.07) is 7.24. The first kappa shape index (κ1) is 15.6. The normalized spacial score (nSPS) is 13.2. The molecule has 2 heterocycles. The van der Waals surface area contributed by atoms with Crippen molar-refractivity contribution >= 4 is 16.7 Å². The van der Waals surface area contributed by atoms with E-state index >= 15 is 0 Å². The maximum Gasteiger partial charge on any atom is 0.275 e. The summed E-state index contributed by atoms with van der Waals surface area (Å²) < 4.78 is 1.22. The molecule has 0 fully saturated rings. The van der Waals surface area contributed by atoms with Gasteiger partial charge in [-0.2, -0.15) is 10.2 Å². The third-order valence-electron chi connectivity index (χ3n) is 4.75. The molecule has 128 valence electrons. The number of carbonyl (C=O) groups excluding carboxylic acids is 1. The third-order valence-corrected chi connectivity index (χ3v) is 4.75. The fourth-order valence-corrected chi connectivity index (χ4v) is 3.32. The number of aromatic amines is 1. The average molecular weight is 337 g/mol. The Morgan fingerprint density at radius 2 is 2.16 bits per heavy atom. The molecule has 0 bridgehead atoms. The molecule has 0 atom stereocenters. The summed E-state index contributed by atoms with van der Waals surface area (Å²) in [5.41, 5.74) is 3.09. The van der Waals surface area contributed by atoms with Crippen molar-refractivity contribution in [2.75, 3.05) is 7.05 Å². The van der Waals surface area contributed by atoms with Crippen molar-refractivity contribution in [3.8, 4) is 0 Å². The Balaban J connectivity index is 1.51. The summed E-state index contributed by atoms with van der Waals surface area (Å²) in [5.74, 6) is -0.167. The van der Waals surface area contributed by atoms with Crippen LogP contribution in [0.4, 0.5) is 0 Å². The van der Waals surface area contributed by atoms with E-state index in [4.69, 9.17) is 0 Å². The molecule has 1 aromatic carbocycles. The lowest BCUT2D eigenvalue weighted by Crippen LogP contribution is -2.35. The van der Waals surface area contributed by atoms with Crippen LogP contribution in [0.15, 0.2) is 35.3 Å². The van der Waals surface area contributed by atoms with E-state index in [-0.39, 0.29) is 18.0 Å². The molecule has 3 aromatic rings. The minimum absolute atomic E-state index is 0.0766. The standard InChI is InChI=1S/C18H19N5O2/c1-22(10-16-14-7-4-8-15(14)20-21-16)17(24)11-23-18(25)13-6-3-2-5-12(13)9-19-23/h2-3,5-6,9H,4,7-8,10-11H2,1H3,(H,20,21). The molecular formula is C18H19N5O2. The van der Waals surface area contributed by atoms with Gasteiger partial charge in [-0.25, -0.2) is 4.68 Å². The van der Waals surface area contributed by atoms with Gasteiger partial charge in [0.15, 0.2) is 0 Å². The second kappa shape index (κ2) is 6.16. The second-order valence-corrected chi connectivity index (χ2v) is 6.43. The Morgan fingerprint density at radius 1 is 1.32 bits per heavy atom. The first-order valence-electron chi connectivity index (χ1n) is 8.37. The van der Waals surface area contributed by atoms with E-state index in [0.717, 1.165) is 30.3 Å². The Labute approximate surface area is 144 Å². The van der Waals surface area contributed by atoms with Gasteiger partial charge in [0.2, 0.25) is 5.91 Å². The first-order chi connectivity index (χ1) is 12.1. The van der Waals surface area contributed by atoms with Crippen molar-refractivity contribution in [1.82, 2.24) is 24.9 Å². The van der Waals surface area contributed by atoms with E-state index in [0.29, 0.717) is 11.9 Å². The Kier molecular flexibility index (Phi) is 3.83. The van der Waals surface area contributed by atoms with Gasteiger partial charge in [0, 0.05) is 18.1 Å². The van der Waals surface area contributed by atoms with Crippen LogP contribution in [0, 0.1) is 0 Å². The van der Waals surface area contributed by atoms with Gasteiger partial charge in [-0.1, -0.05) is 18.2 Å². The van der Waals surface area contributed by atoms with Crippen molar-refractivity contribution in [2.24, 2.45) is 0 Å². The van der Waals surface area contributed by atoms with Crippen molar-refractivity contribution in [3.63, 3.8) is 0 Å². The maximum absolute atomic E-state index is 12.5. The number of hydrogen-bond donors (Lipinski definition) is 1. The van der Waals surface area contributed by atoms with Crippen molar-refractivity contribution in [3.05, 3.63) is 57.8 Å². The molecular weight excluding hydrogens is 318 g/mol. The number of likely N-dealkylation sites (N-methyl/N-ethyl adjacent to an activating group) is 1. The van der Waals surface area contributed by atoms with Gasteiger partial charge in [-0.05, 0) is 30.9 Å². The van der Waals surface area contributed by atoms with Crippen LogP contribution in [0.3, 0.4) is 0 Å². The number of H-pyrrole nitrogens is 1. The molecule has 0 aliphatic heterocycles.